The summed E-state index contributed by atoms with van der Waals surface area (Å²) < 4.78 is 12.3. The Labute approximate surface area is 204 Å². The van der Waals surface area contributed by atoms with Gasteiger partial charge in [0.05, 0.1) is 33.4 Å². The van der Waals surface area contributed by atoms with E-state index in [0.717, 1.165) is 5.56 Å². The molecule has 4 aromatic rings. The second kappa shape index (κ2) is 9.24. The van der Waals surface area contributed by atoms with E-state index in [0.29, 0.717) is 50.7 Å². The van der Waals surface area contributed by atoms with Crippen LogP contribution >= 0.6 is 23.2 Å². The molecule has 0 fully saturated rings. The summed E-state index contributed by atoms with van der Waals surface area (Å²) >= 11 is 12.2. The molecule has 5 rings (SSSR count). The van der Waals surface area contributed by atoms with E-state index in [1.807, 2.05) is 12.1 Å². The molecule has 34 heavy (non-hydrogen) atoms. The van der Waals surface area contributed by atoms with Crippen molar-refractivity contribution in [2.75, 3.05) is 12.1 Å². The highest BCUT2D eigenvalue weighted by molar-refractivity contribution is 6.36. The number of hydrogen-bond acceptors (Lipinski definition) is 5. The second-order valence-electron chi connectivity index (χ2n) is 7.61. The van der Waals surface area contributed by atoms with E-state index in [1.54, 1.807) is 53.2 Å². The molecule has 0 saturated heterocycles. The summed E-state index contributed by atoms with van der Waals surface area (Å²) in [5.41, 5.74) is 2.65. The third kappa shape index (κ3) is 4.64. The Morgan fingerprint density at radius 2 is 1.85 bits per heavy atom. The van der Waals surface area contributed by atoms with E-state index in [-0.39, 0.29) is 25.0 Å². The number of pyridine rings is 1. The van der Waals surface area contributed by atoms with Crippen LogP contribution < -0.4 is 20.1 Å². The van der Waals surface area contributed by atoms with Crippen LogP contribution in [0.5, 0.6) is 11.5 Å². The van der Waals surface area contributed by atoms with Gasteiger partial charge in [0.1, 0.15) is 0 Å². The Hall–Kier alpha value is -3.75. The van der Waals surface area contributed by atoms with Crippen molar-refractivity contribution in [3.8, 4) is 11.5 Å². The van der Waals surface area contributed by atoms with Crippen molar-refractivity contribution in [1.82, 2.24) is 14.7 Å². The molecule has 0 saturated carbocycles. The zero-order valence-corrected chi connectivity index (χ0v) is 19.2. The first-order valence-corrected chi connectivity index (χ1v) is 11.1. The average molecular weight is 497 g/mol. The Morgan fingerprint density at radius 1 is 1.03 bits per heavy atom. The van der Waals surface area contributed by atoms with Gasteiger partial charge in [0.2, 0.25) is 12.7 Å². The molecule has 8 nitrogen and oxygen atoms in total. The number of nitrogens with one attached hydrogen (secondary N) is 2. The lowest BCUT2D eigenvalue weighted by atomic mass is 10.1. The van der Waals surface area contributed by atoms with Gasteiger partial charge in [-0.25, -0.2) is 4.98 Å². The highest BCUT2D eigenvalue weighted by atomic mass is 35.5. The van der Waals surface area contributed by atoms with E-state index < -0.39 is 0 Å². The predicted octanol–water partition coefficient (Wildman–Crippen LogP) is 4.48. The maximum Gasteiger partial charge on any atom is 0.253 e. The number of nitrogens with zero attached hydrogens (tertiary/aromatic N) is 2. The summed E-state index contributed by atoms with van der Waals surface area (Å²) in [5, 5.41) is 6.52. The smallest absolute Gasteiger partial charge is 0.253 e. The summed E-state index contributed by atoms with van der Waals surface area (Å²) in [4.78, 5) is 29.9. The fraction of sp³-hybridized carbons (Fsp3) is 0.125. The summed E-state index contributed by atoms with van der Waals surface area (Å²) in [6.07, 6.45) is 3.36. The van der Waals surface area contributed by atoms with Crippen molar-refractivity contribution in [2.45, 2.75) is 13.0 Å². The molecule has 2 amide bonds. The molecule has 0 aliphatic carbocycles. The predicted molar refractivity (Wildman–Crippen MR) is 128 cm³/mol. The minimum absolute atomic E-state index is 0.00276. The zero-order chi connectivity index (χ0) is 23.7. The van der Waals surface area contributed by atoms with Crippen molar-refractivity contribution in [2.24, 2.45) is 0 Å². The third-order valence-electron chi connectivity index (χ3n) is 5.20. The maximum absolute atomic E-state index is 12.8. The molecule has 10 heteroatoms. The number of carbonyl (C=O) groups is 2. The van der Waals surface area contributed by atoms with E-state index >= 15 is 0 Å². The van der Waals surface area contributed by atoms with Crippen LogP contribution in [0.2, 0.25) is 10.0 Å². The van der Waals surface area contributed by atoms with Gasteiger partial charge in [-0.15, -0.1) is 0 Å². The lowest BCUT2D eigenvalue weighted by Gasteiger charge is -2.11. The molecular weight excluding hydrogens is 479 g/mol. The van der Waals surface area contributed by atoms with Gasteiger partial charge in [-0.1, -0.05) is 41.4 Å². The van der Waals surface area contributed by atoms with Crippen molar-refractivity contribution in [1.29, 1.82) is 0 Å². The standard InChI is InChI=1S/C24H18Cl2N4O4/c25-15-8-18(26)23-28-16(12-30(23)11-15)9-22(31)29-19-4-2-1-3-17(19)24(32)27-10-14-5-6-20-21(7-14)34-13-33-20/h1-8,11-12H,9-10,13H2,(H,27,32)(H,29,31). The largest absolute Gasteiger partial charge is 0.454 e. The summed E-state index contributed by atoms with van der Waals surface area (Å²) in [6, 6.07) is 13.9. The summed E-state index contributed by atoms with van der Waals surface area (Å²) in [6.45, 7) is 0.482. The van der Waals surface area contributed by atoms with Gasteiger partial charge >= 0.3 is 0 Å². The fourth-order valence-electron chi connectivity index (χ4n) is 3.64. The Kier molecular flexibility index (Phi) is 6.00. The SMILES string of the molecule is O=C(Cc1cn2cc(Cl)cc(Cl)c2n1)Nc1ccccc1C(=O)NCc1ccc2c(c1)OCO2. The van der Waals surface area contributed by atoms with Crippen molar-refractivity contribution < 1.29 is 19.1 Å². The Balaban J connectivity index is 1.25. The number of amides is 2. The summed E-state index contributed by atoms with van der Waals surface area (Å²) in [5.74, 6) is 0.693. The van der Waals surface area contributed by atoms with Crippen molar-refractivity contribution >= 4 is 46.4 Å². The number of hydrogen-bond donors (Lipinski definition) is 2. The molecular formula is C24H18Cl2N4O4. The Morgan fingerprint density at radius 3 is 2.74 bits per heavy atom. The van der Waals surface area contributed by atoms with Crippen LogP contribution in [0.3, 0.4) is 0 Å². The van der Waals surface area contributed by atoms with E-state index in [2.05, 4.69) is 15.6 Å². The number of para-hydroxylation sites is 1. The number of aromatic nitrogens is 2. The molecule has 2 aromatic heterocycles. The highest BCUT2D eigenvalue weighted by Gasteiger charge is 2.17. The first-order valence-electron chi connectivity index (χ1n) is 10.3. The normalized spacial score (nSPS) is 12.1. The molecule has 3 heterocycles. The van der Waals surface area contributed by atoms with Gasteiger partial charge in [0.25, 0.3) is 5.91 Å². The lowest BCUT2D eigenvalue weighted by Crippen LogP contribution is -2.25. The number of ether oxygens (including phenoxy) is 2. The van der Waals surface area contributed by atoms with Crippen LogP contribution in [-0.4, -0.2) is 28.0 Å². The van der Waals surface area contributed by atoms with Gasteiger partial charge in [-0.2, -0.15) is 0 Å². The van der Waals surface area contributed by atoms with Crippen LogP contribution in [0.25, 0.3) is 5.65 Å². The molecule has 2 N–H and O–H groups in total. The molecule has 0 unspecified atom stereocenters. The van der Waals surface area contributed by atoms with Gasteiger partial charge in [0.15, 0.2) is 17.1 Å². The number of anilines is 1. The lowest BCUT2D eigenvalue weighted by molar-refractivity contribution is -0.115. The summed E-state index contributed by atoms with van der Waals surface area (Å²) in [7, 11) is 0. The minimum Gasteiger partial charge on any atom is -0.454 e. The van der Waals surface area contributed by atoms with Crippen LogP contribution in [0, 0.1) is 0 Å². The molecule has 0 radical (unpaired) electrons. The zero-order valence-electron chi connectivity index (χ0n) is 17.7. The van der Waals surface area contributed by atoms with Crippen LogP contribution in [-0.2, 0) is 17.8 Å². The van der Waals surface area contributed by atoms with Gasteiger partial charge in [-0.05, 0) is 35.9 Å². The molecule has 0 atom stereocenters. The van der Waals surface area contributed by atoms with E-state index in [1.165, 1.54) is 0 Å². The van der Waals surface area contributed by atoms with Gasteiger partial charge in [0, 0.05) is 18.9 Å². The number of halogens is 2. The number of imidazole rings is 1. The topological polar surface area (TPSA) is 94.0 Å². The fourth-order valence-corrected chi connectivity index (χ4v) is 4.17. The number of fused-ring (bicyclic) bond motifs is 2. The van der Waals surface area contributed by atoms with Crippen molar-refractivity contribution in [3.63, 3.8) is 0 Å². The van der Waals surface area contributed by atoms with Crippen LogP contribution in [0.1, 0.15) is 21.6 Å². The average Bonchev–Trinajstić information content (AvgIpc) is 3.44. The van der Waals surface area contributed by atoms with Crippen LogP contribution in [0.15, 0.2) is 60.9 Å². The first-order chi connectivity index (χ1) is 16.5. The first kappa shape index (κ1) is 22.1. The van der Waals surface area contributed by atoms with Gasteiger partial charge in [-0.3, -0.25) is 9.59 Å². The minimum atomic E-state index is -0.318. The molecule has 172 valence electrons. The maximum atomic E-state index is 12.8. The van der Waals surface area contributed by atoms with Crippen molar-refractivity contribution in [3.05, 3.63) is 87.8 Å². The van der Waals surface area contributed by atoms with E-state index in [9.17, 15) is 9.59 Å². The molecule has 1 aliphatic rings. The number of carbonyl (C=O) groups excluding carboxylic acids is 2. The quantitative estimate of drug-likeness (QED) is 0.410. The van der Waals surface area contributed by atoms with Gasteiger partial charge < -0.3 is 24.5 Å². The highest BCUT2D eigenvalue weighted by Crippen LogP contribution is 2.32. The molecule has 1 aliphatic heterocycles. The molecule has 0 bridgehead atoms. The monoisotopic (exact) mass is 496 g/mol. The third-order valence-corrected chi connectivity index (χ3v) is 5.69. The second-order valence-corrected chi connectivity index (χ2v) is 8.45. The number of benzene rings is 2. The number of rotatable bonds is 6. The van der Waals surface area contributed by atoms with Crippen LogP contribution in [0.4, 0.5) is 5.69 Å². The van der Waals surface area contributed by atoms with E-state index in [4.69, 9.17) is 32.7 Å². The Bertz CT molecular complexity index is 1420. The molecule has 0 spiro atoms. The molecule has 2 aromatic carbocycles.